The Hall–Kier alpha value is -3.20. The normalized spacial score (nSPS) is 18.5. The summed E-state index contributed by atoms with van der Waals surface area (Å²) in [6.45, 7) is 1.13. The highest BCUT2D eigenvalue weighted by molar-refractivity contribution is 7.91. The van der Waals surface area contributed by atoms with Crippen LogP contribution < -0.4 is 10.2 Å². The summed E-state index contributed by atoms with van der Waals surface area (Å²) < 4.78 is 32.7. The number of carbonyl (C=O) groups excluding carboxylic acids is 2. The number of fused-ring (bicyclic) bond motifs is 2. The van der Waals surface area contributed by atoms with Gasteiger partial charge in [0.25, 0.3) is 11.8 Å². The number of anilines is 1. The van der Waals surface area contributed by atoms with E-state index in [4.69, 9.17) is 16.3 Å². The molecule has 2 amide bonds. The lowest BCUT2D eigenvalue weighted by molar-refractivity contribution is 0.0857. The Labute approximate surface area is 208 Å². The average molecular weight is 511 g/mol. The zero-order valence-electron chi connectivity index (χ0n) is 18.7. The van der Waals surface area contributed by atoms with Crippen LogP contribution in [0.15, 0.2) is 76.5 Å². The van der Waals surface area contributed by atoms with Crippen molar-refractivity contribution in [1.29, 1.82) is 0 Å². The van der Waals surface area contributed by atoms with Gasteiger partial charge < -0.3 is 15.0 Å². The molecule has 1 atom stereocenters. The number of rotatable bonds is 5. The van der Waals surface area contributed by atoms with Crippen molar-refractivity contribution in [3.63, 3.8) is 0 Å². The summed E-state index contributed by atoms with van der Waals surface area (Å²) in [6, 6.07) is 17.5. The van der Waals surface area contributed by atoms with Crippen LogP contribution in [0.3, 0.4) is 0 Å². The number of sulfone groups is 1. The van der Waals surface area contributed by atoms with E-state index in [0.717, 1.165) is 18.4 Å². The fourth-order valence-electron chi connectivity index (χ4n) is 4.44. The molecule has 9 heteroatoms. The highest BCUT2D eigenvalue weighted by atomic mass is 35.5. The van der Waals surface area contributed by atoms with Gasteiger partial charge in [-0.05, 0) is 60.9 Å². The van der Waals surface area contributed by atoms with Gasteiger partial charge in [-0.3, -0.25) is 9.59 Å². The minimum atomic E-state index is -4.01. The first-order chi connectivity index (χ1) is 16.8. The molecule has 2 aliphatic rings. The number of carbonyl (C=O) groups is 2. The fourth-order valence-corrected chi connectivity index (χ4v) is 6.28. The number of halogens is 1. The molecule has 2 aliphatic heterocycles. The molecule has 0 saturated carbocycles. The molecular formula is C26H23ClN2O5S. The highest BCUT2D eigenvalue weighted by Gasteiger charge is 2.36. The van der Waals surface area contributed by atoms with Crippen molar-refractivity contribution < 1.29 is 22.7 Å². The van der Waals surface area contributed by atoms with Crippen LogP contribution in [0.4, 0.5) is 5.69 Å². The van der Waals surface area contributed by atoms with E-state index in [1.807, 2.05) is 6.07 Å². The molecule has 3 aromatic rings. The maximum Gasteiger partial charge on any atom is 0.259 e. The van der Waals surface area contributed by atoms with Gasteiger partial charge in [-0.2, -0.15) is 0 Å². The molecule has 0 aliphatic carbocycles. The molecule has 0 bridgehead atoms. The molecule has 1 fully saturated rings. The summed E-state index contributed by atoms with van der Waals surface area (Å²) in [5, 5.41) is 3.35. The number of benzene rings is 3. The highest BCUT2D eigenvalue weighted by Crippen LogP contribution is 2.38. The van der Waals surface area contributed by atoms with Crippen molar-refractivity contribution in [2.75, 3.05) is 18.1 Å². The standard InChI is InChI=1S/C26H23ClN2O5S/c27-19-6-3-5-17(13-19)16-29-22-14-18(25(30)28-15-20-7-4-12-34-20)10-11-24(22)35(32,33)23-9-2-1-8-21(23)26(29)31/h1-3,5-6,8-11,13-14,20H,4,7,12,15-16H2,(H,28,30)/t20-/m0/s1. The van der Waals surface area contributed by atoms with Crippen molar-refractivity contribution in [3.8, 4) is 0 Å². The van der Waals surface area contributed by atoms with Crippen LogP contribution in [-0.4, -0.2) is 39.5 Å². The summed E-state index contributed by atoms with van der Waals surface area (Å²) >= 11 is 6.15. The molecule has 0 spiro atoms. The molecule has 35 heavy (non-hydrogen) atoms. The summed E-state index contributed by atoms with van der Waals surface area (Å²) in [6.07, 6.45) is 1.80. The van der Waals surface area contributed by atoms with Gasteiger partial charge in [-0.15, -0.1) is 0 Å². The maximum atomic E-state index is 13.7. The van der Waals surface area contributed by atoms with Crippen LogP contribution >= 0.6 is 11.6 Å². The van der Waals surface area contributed by atoms with E-state index in [9.17, 15) is 18.0 Å². The average Bonchev–Trinajstić information content (AvgIpc) is 3.37. The SMILES string of the molecule is O=C(NC[C@@H]1CCCO1)c1ccc2c(c1)N(Cc1cccc(Cl)c1)C(=O)c1ccccc1S2(=O)=O. The number of hydrogen-bond acceptors (Lipinski definition) is 5. The van der Waals surface area contributed by atoms with E-state index in [1.54, 1.807) is 30.3 Å². The molecule has 0 radical (unpaired) electrons. The first kappa shape index (κ1) is 23.5. The van der Waals surface area contributed by atoms with Crippen LogP contribution in [0.5, 0.6) is 0 Å². The zero-order valence-corrected chi connectivity index (χ0v) is 20.3. The van der Waals surface area contributed by atoms with Gasteiger partial charge in [0.1, 0.15) is 0 Å². The molecule has 5 rings (SSSR count). The predicted octanol–water partition coefficient (Wildman–Crippen LogP) is 4.24. The van der Waals surface area contributed by atoms with Gasteiger partial charge in [0, 0.05) is 23.7 Å². The van der Waals surface area contributed by atoms with Gasteiger partial charge in [-0.1, -0.05) is 35.9 Å². The van der Waals surface area contributed by atoms with E-state index < -0.39 is 15.7 Å². The number of amides is 2. The second kappa shape index (κ2) is 9.45. The Balaban J connectivity index is 1.59. The van der Waals surface area contributed by atoms with E-state index in [-0.39, 0.29) is 45.2 Å². The topological polar surface area (TPSA) is 92.8 Å². The lowest BCUT2D eigenvalue weighted by Crippen LogP contribution is -2.33. The van der Waals surface area contributed by atoms with E-state index >= 15 is 0 Å². The lowest BCUT2D eigenvalue weighted by Gasteiger charge is -2.23. The first-order valence-electron chi connectivity index (χ1n) is 11.3. The van der Waals surface area contributed by atoms with Gasteiger partial charge >= 0.3 is 0 Å². The molecule has 1 saturated heterocycles. The molecule has 180 valence electrons. The quantitative estimate of drug-likeness (QED) is 0.554. The van der Waals surface area contributed by atoms with Crippen molar-refractivity contribution in [2.24, 2.45) is 0 Å². The fraction of sp³-hybridized carbons (Fsp3) is 0.231. The summed E-state index contributed by atoms with van der Waals surface area (Å²) in [7, 11) is -4.01. The van der Waals surface area contributed by atoms with Crippen LogP contribution in [0.25, 0.3) is 0 Å². The number of ether oxygens (including phenoxy) is 1. The van der Waals surface area contributed by atoms with Crippen LogP contribution in [0, 0.1) is 0 Å². The summed E-state index contributed by atoms with van der Waals surface area (Å²) in [4.78, 5) is 27.9. The zero-order chi connectivity index (χ0) is 24.6. The smallest absolute Gasteiger partial charge is 0.259 e. The van der Waals surface area contributed by atoms with Gasteiger partial charge in [0.2, 0.25) is 9.84 Å². The minimum Gasteiger partial charge on any atom is -0.376 e. The third-order valence-corrected chi connectivity index (χ3v) is 8.29. The van der Waals surface area contributed by atoms with Crippen molar-refractivity contribution >= 4 is 38.9 Å². The molecule has 2 heterocycles. The Morgan fingerprint density at radius 1 is 1.06 bits per heavy atom. The second-order valence-corrected chi connectivity index (χ2v) is 10.9. The monoisotopic (exact) mass is 510 g/mol. The van der Waals surface area contributed by atoms with Gasteiger partial charge in [0.15, 0.2) is 0 Å². The van der Waals surface area contributed by atoms with Crippen LogP contribution in [-0.2, 0) is 21.1 Å². The molecule has 3 aromatic carbocycles. The third kappa shape index (κ3) is 4.57. The van der Waals surface area contributed by atoms with E-state index in [1.165, 1.54) is 35.2 Å². The van der Waals surface area contributed by atoms with Crippen LogP contribution in [0.1, 0.15) is 39.1 Å². The van der Waals surface area contributed by atoms with Crippen molar-refractivity contribution in [3.05, 3.63) is 88.4 Å². The van der Waals surface area contributed by atoms with E-state index in [2.05, 4.69) is 5.32 Å². The molecule has 0 unspecified atom stereocenters. The van der Waals surface area contributed by atoms with Crippen LogP contribution in [0.2, 0.25) is 5.02 Å². The van der Waals surface area contributed by atoms with Crippen molar-refractivity contribution in [1.82, 2.24) is 5.32 Å². The number of hydrogen-bond donors (Lipinski definition) is 1. The first-order valence-corrected chi connectivity index (χ1v) is 13.1. The minimum absolute atomic E-state index is 0.0319. The van der Waals surface area contributed by atoms with E-state index in [0.29, 0.717) is 18.2 Å². The Kier molecular flexibility index (Phi) is 6.35. The number of nitrogens with one attached hydrogen (secondary N) is 1. The third-order valence-electron chi connectivity index (χ3n) is 6.20. The molecule has 0 aromatic heterocycles. The molecular weight excluding hydrogens is 488 g/mol. The second-order valence-electron chi connectivity index (χ2n) is 8.55. The molecule has 1 N–H and O–H groups in total. The summed E-state index contributed by atoms with van der Waals surface area (Å²) in [5.74, 6) is -0.836. The lowest BCUT2D eigenvalue weighted by atomic mass is 10.1. The van der Waals surface area contributed by atoms with Gasteiger partial charge in [-0.25, -0.2) is 8.42 Å². The predicted molar refractivity (Wildman–Crippen MR) is 132 cm³/mol. The van der Waals surface area contributed by atoms with Crippen molar-refractivity contribution in [2.45, 2.75) is 35.3 Å². The van der Waals surface area contributed by atoms with Gasteiger partial charge in [0.05, 0.1) is 33.7 Å². The Morgan fingerprint density at radius 3 is 2.66 bits per heavy atom. The molecule has 7 nitrogen and oxygen atoms in total. The maximum absolute atomic E-state index is 13.7. The Morgan fingerprint density at radius 2 is 1.89 bits per heavy atom. The summed E-state index contributed by atoms with van der Waals surface area (Å²) in [5.41, 5.74) is 1.21. The number of nitrogens with zero attached hydrogens (tertiary/aromatic N) is 1. The Bertz CT molecular complexity index is 1420. The largest absolute Gasteiger partial charge is 0.376 e.